The third-order valence-corrected chi connectivity index (χ3v) is 5.66. The molecular formula is C21H30N2O5. The molecule has 2 saturated heterocycles. The summed E-state index contributed by atoms with van der Waals surface area (Å²) in [6.45, 7) is 3.10. The Kier molecular flexibility index (Phi) is 7.14. The van der Waals surface area contributed by atoms with Crippen LogP contribution < -0.4 is 14.8 Å². The zero-order valence-electron chi connectivity index (χ0n) is 16.7. The average Bonchev–Trinajstić information content (AvgIpc) is 2.77. The summed E-state index contributed by atoms with van der Waals surface area (Å²) < 4.78 is 15.9. The summed E-state index contributed by atoms with van der Waals surface area (Å²) in [5.74, 6) is 1.64. The molecule has 2 fully saturated rings. The fourth-order valence-electron chi connectivity index (χ4n) is 3.89. The second-order valence-corrected chi connectivity index (χ2v) is 7.39. The van der Waals surface area contributed by atoms with E-state index in [1.165, 1.54) is 0 Å². The standard InChI is InChI=1S/C21H30N2O5/c1-26-18-4-3-15(13-19(18)27-2)14-22-20(24)16-5-9-23(10-6-16)21(25)17-7-11-28-12-8-17/h3-4,13,16-17H,5-12,14H2,1-2H3,(H,22,24). The van der Waals surface area contributed by atoms with Crippen LogP contribution in [-0.4, -0.2) is 57.2 Å². The highest BCUT2D eigenvalue weighted by Gasteiger charge is 2.31. The van der Waals surface area contributed by atoms with Gasteiger partial charge in [-0.15, -0.1) is 0 Å². The van der Waals surface area contributed by atoms with Crippen LogP contribution in [0.1, 0.15) is 31.2 Å². The summed E-state index contributed by atoms with van der Waals surface area (Å²) in [6, 6.07) is 5.62. The van der Waals surface area contributed by atoms with E-state index < -0.39 is 0 Å². The zero-order chi connectivity index (χ0) is 19.9. The number of methoxy groups -OCH3 is 2. The van der Waals surface area contributed by atoms with Crippen LogP contribution in [0.15, 0.2) is 18.2 Å². The van der Waals surface area contributed by atoms with Gasteiger partial charge in [0.2, 0.25) is 11.8 Å². The molecule has 154 valence electrons. The number of carbonyl (C=O) groups is 2. The smallest absolute Gasteiger partial charge is 0.225 e. The predicted octanol–water partition coefficient (Wildman–Crippen LogP) is 1.99. The Morgan fingerprint density at radius 1 is 1.04 bits per heavy atom. The summed E-state index contributed by atoms with van der Waals surface area (Å²) in [6.07, 6.45) is 3.05. The fourth-order valence-corrected chi connectivity index (χ4v) is 3.89. The minimum atomic E-state index is -0.0427. The minimum Gasteiger partial charge on any atom is -0.493 e. The second kappa shape index (κ2) is 9.78. The van der Waals surface area contributed by atoms with E-state index in [4.69, 9.17) is 14.2 Å². The highest BCUT2D eigenvalue weighted by atomic mass is 16.5. The van der Waals surface area contributed by atoms with Gasteiger partial charge in [0.1, 0.15) is 0 Å². The van der Waals surface area contributed by atoms with E-state index in [1.807, 2.05) is 23.1 Å². The number of hydrogen-bond acceptors (Lipinski definition) is 5. The number of nitrogens with zero attached hydrogens (tertiary/aromatic N) is 1. The monoisotopic (exact) mass is 390 g/mol. The van der Waals surface area contributed by atoms with Crippen molar-refractivity contribution in [2.45, 2.75) is 32.2 Å². The normalized spacial score (nSPS) is 18.6. The molecule has 2 aliphatic heterocycles. The molecule has 0 bridgehead atoms. The number of ether oxygens (including phenoxy) is 3. The van der Waals surface area contributed by atoms with E-state index in [1.54, 1.807) is 14.2 Å². The highest BCUT2D eigenvalue weighted by molar-refractivity contribution is 5.81. The lowest BCUT2D eigenvalue weighted by Gasteiger charge is -2.34. The number of piperidine rings is 1. The molecule has 2 aliphatic rings. The molecule has 3 rings (SSSR count). The Labute approximate surface area is 166 Å². The van der Waals surface area contributed by atoms with Crippen molar-refractivity contribution in [1.82, 2.24) is 10.2 Å². The maximum atomic E-state index is 12.6. The van der Waals surface area contributed by atoms with Crippen molar-refractivity contribution < 1.29 is 23.8 Å². The molecule has 0 saturated carbocycles. The van der Waals surface area contributed by atoms with Crippen molar-refractivity contribution in [2.24, 2.45) is 11.8 Å². The Morgan fingerprint density at radius 2 is 1.71 bits per heavy atom. The van der Waals surface area contributed by atoms with Crippen LogP contribution >= 0.6 is 0 Å². The van der Waals surface area contributed by atoms with Crippen molar-refractivity contribution in [3.63, 3.8) is 0 Å². The molecule has 1 aromatic rings. The van der Waals surface area contributed by atoms with E-state index in [9.17, 15) is 9.59 Å². The lowest BCUT2D eigenvalue weighted by atomic mass is 9.93. The van der Waals surface area contributed by atoms with Crippen molar-refractivity contribution in [1.29, 1.82) is 0 Å². The van der Waals surface area contributed by atoms with E-state index in [0.29, 0.717) is 57.2 Å². The third-order valence-electron chi connectivity index (χ3n) is 5.66. The first kappa shape index (κ1) is 20.5. The quantitative estimate of drug-likeness (QED) is 0.804. The van der Waals surface area contributed by atoms with Crippen LogP contribution in [0.2, 0.25) is 0 Å². The molecule has 0 aliphatic carbocycles. The molecule has 0 radical (unpaired) electrons. The highest BCUT2D eigenvalue weighted by Crippen LogP contribution is 2.28. The molecule has 1 aromatic carbocycles. The number of likely N-dealkylation sites (tertiary alicyclic amines) is 1. The van der Waals surface area contributed by atoms with Crippen LogP contribution in [0, 0.1) is 11.8 Å². The molecule has 2 heterocycles. The summed E-state index contributed by atoms with van der Waals surface area (Å²) >= 11 is 0. The van der Waals surface area contributed by atoms with Gasteiger partial charge in [-0.05, 0) is 43.4 Å². The molecule has 28 heavy (non-hydrogen) atoms. The molecule has 1 N–H and O–H groups in total. The summed E-state index contributed by atoms with van der Waals surface area (Å²) in [4.78, 5) is 27.1. The van der Waals surface area contributed by atoms with Crippen LogP contribution in [0.4, 0.5) is 0 Å². The van der Waals surface area contributed by atoms with E-state index >= 15 is 0 Å². The predicted molar refractivity (Wildman–Crippen MR) is 104 cm³/mol. The maximum Gasteiger partial charge on any atom is 0.225 e. The van der Waals surface area contributed by atoms with Crippen molar-refractivity contribution in [3.8, 4) is 11.5 Å². The number of rotatable bonds is 6. The summed E-state index contributed by atoms with van der Waals surface area (Å²) in [7, 11) is 3.19. The van der Waals surface area contributed by atoms with Crippen LogP contribution in [0.5, 0.6) is 11.5 Å². The Bertz CT molecular complexity index is 679. The van der Waals surface area contributed by atoms with Gasteiger partial charge in [0, 0.05) is 44.7 Å². The van der Waals surface area contributed by atoms with Gasteiger partial charge < -0.3 is 24.4 Å². The van der Waals surface area contributed by atoms with E-state index in [2.05, 4.69) is 5.32 Å². The Morgan fingerprint density at radius 3 is 2.36 bits per heavy atom. The van der Waals surface area contributed by atoms with Crippen molar-refractivity contribution >= 4 is 11.8 Å². The number of hydrogen-bond donors (Lipinski definition) is 1. The van der Waals surface area contributed by atoms with Crippen LogP contribution in [0.25, 0.3) is 0 Å². The first-order valence-corrected chi connectivity index (χ1v) is 9.97. The SMILES string of the molecule is COc1ccc(CNC(=O)C2CCN(C(=O)C3CCOCC3)CC2)cc1OC. The molecule has 0 unspecified atom stereocenters. The molecule has 0 atom stereocenters. The molecular weight excluding hydrogens is 360 g/mol. The molecule has 7 heteroatoms. The van der Waals surface area contributed by atoms with E-state index in [0.717, 1.165) is 18.4 Å². The average molecular weight is 390 g/mol. The maximum absolute atomic E-state index is 12.6. The Balaban J connectivity index is 1.45. The molecule has 7 nitrogen and oxygen atoms in total. The molecule has 2 amide bonds. The van der Waals surface area contributed by atoms with Crippen molar-refractivity contribution in [2.75, 3.05) is 40.5 Å². The van der Waals surface area contributed by atoms with E-state index in [-0.39, 0.29) is 23.7 Å². The second-order valence-electron chi connectivity index (χ2n) is 7.39. The van der Waals surface area contributed by atoms with Gasteiger partial charge in [-0.2, -0.15) is 0 Å². The first-order valence-electron chi connectivity index (χ1n) is 9.97. The number of benzene rings is 1. The fraction of sp³-hybridized carbons (Fsp3) is 0.619. The Hall–Kier alpha value is -2.28. The third kappa shape index (κ3) is 4.95. The van der Waals surface area contributed by atoms with Crippen LogP contribution in [0.3, 0.4) is 0 Å². The number of amides is 2. The molecule has 0 spiro atoms. The van der Waals surface area contributed by atoms with Gasteiger partial charge in [0.05, 0.1) is 14.2 Å². The first-order chi connectivity index (χ1) is 13.6. The van der Waals surface area contributed by atoms with Gasteiger partial charge in [0.25, 0.3) is 0 Å². The largest absolute Gasteiger partial charge is 0.493 e. The van der Waals surface area contributed by atoms with Crippen LogP contribution in [-0.2, 0) is 20.9 Å². The van der Waals surface area contributed by atoms with Gasteiger partial charge in [-0.1, -0.05) is 6.07 Å². The minimum absolute atomic E-state index is 0.0427. The lowest BCUT2D eigenvalue weighted by molar-refractivity contribution is -0.141. The zero-order valence-corrected chi connectivity index (χ0v) is 16.7. The van der Waals surface area contributed by atoms with Gasteiger partial charge >= 0.3 is 0 Å². The lowest BCUT2D eigenvalue weighted by Crippen LogP contribution is -2.45. The van der Waals surface area contributed by atoms with Gasteiger partial charge in [-0.3, -0.25) is 9.59 Å². The van der Waals surface area contributed by atoms with Gasteiger partial charge in [0.15, 0.2) is 11.5 Å². The van der Waals surface area contributed by atoms with Crippen molar-refractivity contribution in [3.05, 3.63) is 23.8 Å². The topological polar surface area (TPSA) is 77.1 Å². The van der Waals surface area contributed by atoms with Gasteiger partial charge in [-0.25, -0.2) is 0 Å². The molecule has 0 aromatic heterocycles. The summed E-state index contributed by atoms with van der Waals surface area (Å²) in [5.41, 5.74) is 0.957. The number of nitrogens with one attached hydrogen (secondary N) is 1. The number of carbonyl (C=O) groups excluding carboxylic acids is 2. The summed E-state index contributed by atoms with van der Waals surface area (Å²) in [5, 5.41) is 3.01.